The summed E-state index contributed by atoms with van der Waals surface area (Å²) in [6.07, 6.45) is 12.5. The molecule has 2 aromatic carbocycles. The quantitative estimate of drug-likeness (QED) is 0.299. The van der Waals surface area contributed by atoms with Gasteiger partial charge in [0.1, 0.15) is 18.1 Å². The minimum atomic E-state index is -0.392. The van der Waals surface area contributed by atoms with Crippen LogP contribution in [0.3, 0.4) is 0 Å². The van der Waals surface area contributed by atoms with Crippen molar-refractivity contribution in [1.29, 1.82) is 0 Å². The van der Waals surface area contributed by atoms with Gasteiger partial charge in [-0.15, -0.1) is 0 Å². The average Bonchev–Trinajstić information content (AvgIpc) is 3.53. The summed E-state index contributed by atoms with van der Waals surface area (Å²) in [4.78, 5) is 29.5. The Balaban J connectivity index is 0.000000280. The molecule has 42 heavy (non-hydrogen) atoms. The summed E-state index contributed by atoms with van der Waals surface area (Å²) in [5, 5.41) is 15.0. The first-order valence-electron chi connectivity index (χ1n) is 15.2. The minimum absolute atomic E-state index is 0.0577. The number of hydrogen-bond acceptors (Lipinski definition) is 6. The number of nitrogens with one attached hydrogen (secondary N) is 2. The first kappa shape index (κ1) is 32.8. The number of aromatic nitrogens is 1. The SMILES string of the molecule is CN(c1ccc(C(C)(C)C)cc1)C(C(=O)NC1CCCCC1)c1cccnc1.O=CC1CCCN1.Oc1ccccc1. The van der Waals surface area contributed by atoms with Crippen molar-refractivity contribution in [3.63, 3.8) is 0 Å². The fraction of sp³-hybridized carbons (Fsp3) is 0.457. The number of pyridine rings is 1. The molecule has 226 valence electrons. The molecule has 1 amide bonds. The lowest BCUT2D eigenvalue weighted by atomic mass is 9.87. The number of aromatic hydroxyl groups is 1. The molecule has 2 unspecified atom stereocenters. The summed E-state index contributed by atoms with van der Waals surface area (Å²) in [7, 11) is 1.99. The highest BCUT2D eigenvalue weighted by atomic mass is 16.3. The molecule has 3 N–H and O–H groups in total. The Kier molecular flexibility index (Phi) is 13.0. The van der Waals surface area contributed by atoms with Gasteiger partial charge in [-0.25, -0.2) is 0 Å². The van der Waals surface area contributed by atoms with Crippen molar-refractivity contribution < 1.29 is 14.7 Å². The van der Waals surface area contributed by atoms with Gasteiger partial charge in [0.25, 0.3) is 0 Å². The van der Waals surface area contributed by atoms with E-state index in [0.717, 1.165) is 49.8 Å². The maximum absolute atomic E-state index is 13.3. The number of carbonyl (C=O) groups excluding carboxylic acids is 2. The van der Waals surface area contributed by atoms with E-state index in [2.05, 4.69) is 65.6 Å². The van der Waals surface area contributed by atoms with Gasteiger partial charge in [0, 0.05) is 36.7 Å². The van der Waals surface area contributed by atoms with E-state index < -0.39 is 6.04 Å². The molecule has 7 nitrogen and oxygen atoms in total. The zero-order valence-corrected chi connectivity index (χ0v) is 25.6. The number of aldehydes is 1. The van der Waals surface area contributed by atoms with Crippen LogP contribution in [0.4, 0.5) is 5.69 Å². The number of carbonyl (C=O) groups is 2. The van der Waals surface area contributed by atoms with E-state index >= 15 is 0 Å². The van der Waals surface area contributed by atoms with E-state index in [-0.39, 0.29) is 23.4 Å². The third-order valence-electron chi connectivity index (χ3n) is 7.75. The maximum atomic E-state index is 13.3. The molecule has 0 radical (unpaired) electrons. The van der Waals surface area contributed by atoms with Crippen LogP contribution in [-0.2, 0) is 15.0 Å². The van der Waals surface area contributed by atoms with Gasteiger partial charge < -0.3 is 25.4 Å². The zero-order chi connectivity index (χ0) is 30.4. The second kappa shape index (κ2) is 16.7. The smallest absolute Gasteiger partial charge is 0.247 e. The van der Waals surface area contributed by atoms with Crippen LogP contribution in [0, 0.1) is 0 Å². The molecule has 5 rings (SSSR count). The summed E-state index contributed by atoms with van der Waals surface area (Å²) >= 11 is 0. The number of hydrogen-bond donors (Lipinski definition) is 3. The van der Waals surface area contributed by atoms with E-state index in [1.807, 2.05) is 25.2 Å². The molecule has 0 bridgehead atoms. The number of anilines is 1. The maximum Gasteiger partial charge on any atom is 0.247 e. The largest absolute Gasteiger partial charge is 0.508 e. The normalized spacial score (nSPS) is 17.5. The van der Waals surface area contributed by atoms with Gasteiger partial charge >= 0.3 is 0 Å². The predicted molar refractivity (Wildman–Crippen MR) is 171 cm³/mol. The lowest BCUT2D eigenvalue weighted by molar-refractivity contribution is -0.123. The summed E-state index contributed by atoms with van der Waals surface area (Å²) < 4.78 is 0. The first-order chi connectivity index (χ1) is 20.2. The Bertz CT molecular complexity index is 1180. The fourth-order valence-corrected chi connectivity index (χ4v) is 5.22. The lowest BCUT2D eigenvalue weighted by Crippen LogP contribution is -2.44. The molecular weight excluding hydrogens is 524 g/mol. The van der Waals surface area contributed by atoms with Crippen molar-refractivity contribution >= 4 is 17.9 Å². The van der Waals surface area contributed by atoms with E-state index in [9.17, 15) is 9.59 Å². The van der Waals surface area contributed by atoms with Crippen LogP contribution in [0.5, 0.6) is 5.75 Å². The van der Waals surface area contributed by atoms with Crippen molar-refractivity contribution in [2.24, 2.45) is 0 Å². The number of phenols is 1. The number of rotatable bonds is 6. The van der Waals surface area contributed by atoms with Crippen LogP contribution in [0.25, 0.3) is 0 Å². The second-order valence-electron chi connectivity index (χ2n) is 12.1. The van der Waals surface area contributed by atoms with Crippen molar-refractivity contribution in [3.8, 4) is 5.75 Å². The number of likely N-dealkylation sites (N-methyl/N-ethyl adjacent to an activating group) is 1. The highest BCUT2D eigenvalue weighted by molar-refractivity contribution is 5.86. The van der Waals surface area contributed by atoms with Crippen LogP contribution in [0.15, 0.2) is 79.1 Å². The van der Waals surface area contributed by atoms with E-state index in [4.69, 9.17) is 5.11 Å². The molecule has 1 saturated heterocycles. The van der Waals surface area contributed by atoms with Gasteiger partial charge in [-0.05, 0) is 73.5 Å². The van der Waals surface area contributed by atoms with Gasteiger partial charge in [-0.2, -0.15) is 0 Å². The van der Waals surface area contributed by atoms with Crippen LogP contribution in [0.2, 0.25) is 0 Å². The number of nitrogens with zero attached hydrogens (tertiary/aromatic N) is 2. The Hall–Kier alpha value is -3.71. The number of para-hydroxylation sites is 1. The summed E-state index contributed by atoms with van der Waals surface area (Å²) in [5.74, 6) is 0.379. The molecule has 3 aromatic rings. The van der Waals surface area contributed by atoms with Crippen molar-refractivity contribution in [2.75, 3.05) is 18.5 Å². The monoisotopic (exact) mass is 572 g/mol. The molecule has 0 spiro atoms. The zero-order valence-electron chi connectivity index (χ0n) is 25.6. The van der Waals surface area contributed by atoms with Gasteiger partial charge in [-0.3, -0.25) is 9.78 Å². The Morgan fingerprint density at radius 1 is 0.976 bits per heavy atom. The number of phenolic OH excluding ortho intramolecular Hbond substituents is 1. The average molecular weight is 573 g/mol. The molecule has 1 saturated carbocycles. The van der Waals surface area contributed by atoms with Gasteiger partial charge in [-0.1, -0.05) is 76.4 Å². The number of amides is 1. The summed E-state index contributed by atoms with van der Waals surface area (Å²) in [6.45, 7) is 7.65. The fourth-order valence-electron chi connectivity index (χ4n) is 5.22. The van der Waals surface area contributed by atoms with E-state index in [1.54, 1.807) is 36.7 Å². The molecular formula is C35H48N4O3. The van der Waals surface area contributed by atoms with Crippen molar-refractivity contribution in [2.45, 2.75) is 89.3 Å². The van der Waals surface area contributed by atoms with Crippen LogP contribution >= 0.6 is 0 Å². The Morgan fingerprint density at radius 3 is 2.14 bits per heavy atom. The van der Waals surface area contributed by atoms with Gasteiger partial charge in [0.15, 0.2) is 0 Å². The molecule has 2 aliphatic rings. The molecule has 7 heteroatoms. The highest BCUT2D eigenvalue weighted by Gasteiger charge is 2.28. The van der Waals surface area contributed by atoms with Crippen LogP contribution in [0.1, 0.15) is 82.9 Å². The third kappa shape index (κ3) is 10.6. The summed E-state index contributed by atoms with van der Waals surface area (Å²) in [6, 6.07) is 21.2. The number of benzene rings is 2. The van der Waals surface area contributed by atoms with Crippen molar-refractivity contribution in [3.05, 3.63) is 90.3 Å². The van der Waals surface area contributed by atoms with E-state index in [1.165, 1.54) is 24.8 Å². The molecule has 1 aliphatic heterocycles. The topological polar surface area (TPSA) is 94.6 Å². The summed E-state index contributed by atoms with van der Waals surface area (Å²) in [5.41, 5.74) is 3.34. The molecule has 1 aromatic heterocycles. The highest BCUT2D eigenvalue weighted by Crippen LogP contribution is 2.29. The van der Waals surface area contributed by atoms with E-state index in [0.29, 0.717) is 5.75 Å². The third-order valence-corrected chi connectivity index (χ3v) is 7.75. The Labute approximate surface area is 251 Å². The van der Waals surface area contributed by atoms with Gasteiger partial charge in [0.2, 0.25) is 5.91 Å². The molecule has 1 aliphatic carbocycles. The van der Waals surface area contributed by atoms with Gasteiger partial charge in [0.05, 0.1) is 6.04 Å². The predicted octanol–water partition coefficient (Wildman–Crippen LogP) is 6.34. The standard InChI is InChI=1S/C24H33N3O.C6H6O.C5H9NO/c1-24(2,3)19-12-14-21(15-13-19)27(4)22(18-9-8-16-25-17-18)23(28)26-20-10-6-5-7-11-20;7-6-4-2-1-3-5-6;7-4-5-2-1-3-6-5/h8-9,12-17,20,22H,5-7,10-11H2,1-4H3,(H,26,28);1-5,7H;4-6H,1-3H2. The van der Waals surface area contributed by atoms with Crippen molar-refractivity contribution in [1.82, 2.24) is 15.6 Å². The lowest BCUT2D eigenvalue weighted by Gasteiger charge is -2.32. The van der Waals surface area contributed by atoms with Crippen LogP contribution < -0.4 is 15.5 Å². The minimum Gasteiger partial charge on any atom is -0.508 e. The molecule has 2 heterocycles. The first-order valence-corrected chi connectivity index (χ1v) is 15.2. The second-order valence-corrected chi connectivity index (χ2v) is 12.1. The molecule has 2 fully saturated rings. The van der Waals surface area contributed by atoms with Crippen LogP contribution in [-0.4, -0.2) is 48.0 Å². The molecule has 2 atom stereocenters. The Morgan fingerprint density at radius 2 is 1.67 bits per heavy atom.